The van der Waals surface area contributed by atoms with E-state index in [0.29, 0.717) is 19.5 Å². The maximum Gasteiger partial charge on any atom is 0.131 e. The zero-order valence-electron chi connectivity index (χ0n) is 6.42. The molecule has 0 aromatic rings. The van der Waals surface area contributed by atoms with Crippen LogP contribution in [0.1, 0.15) is 13.3 Å². The number of carbonyl (C=O) groups is 1. The van der Waals surface area contributed by atoms with Gasteiger partial charge in [0.25, 0.3) is 0 Å². The van der Waals surface area contributed by atoms with Crippen LogP contribution in [0.4, 0.5) is 0 Å². The largest absolute Gasteiger partial charge is 0.300 e. The molecule has 0 radical (unpaired) electrons. The van der Waals surface area contributed by atoms with Gasteiger partial charge in [0.2, 0.25) is 0 Å². The van der Waals surface area contributed by atoms with Crippen molar-refractivity contribution in [3.63, 3.8) is 0 Å². The van der Waals surface area contributed by atoms with E-state index in [0.717, 1.165) is 0 Å². The molecule has 0 aromatic carbocycles. The molecule has 0 aliphatic rings. The van der Waals surface area contributed by atoms with Gasteiger partial charge in [0, 0.05) is 13.0 Å². The fourth-order valence-corrected chi connectivity index (χ4v) is 0.548. The molecule has 0 rings (SSSR count). The van der Waals surface area contributed by atoms with Gasteiger partial charge in [0.05, 0.1) is 12.6 Å². The van der Waals surface area contributed by atoms with Crippen molar-refractivity contribution in [1.82, 2.24) is 4.90 Å². The number of nitrogens with zero attached hydrogens (tertiary/aromatic N) is 2. The molecule has 0 unspecified atom stereocenters. The van der Waals surface area contributed by atoms with Crippen LogP contribution in [0.25, 0.3) is 0 Å². The van der Waals surface area contributed by atoms with E-state index in [1.807, 2.05) is 18.0 Å². The number of nitriles is 1. The maximum absolute atomic E-state index is 10.4. The van der Waals surface area contributed by atoms with Crippen molar-refractivity contribution in [3.05, 3.63) is 0 Å². The quantitative estimate of drug-likeness (QED) is 0.531. The van der Waals surface area contributed by atoms with Gasteiger partial charge in [-0.1, -0.05) is 0 Å². The summed E-state index contributed by atoms with van der Waals surface area (Å²) in [6.45, 7) is 2.64. The van der Waals surface area contributed by atoms with E-state index in [2.05, 4.69) is 0 Å². The van der Waals surface area contributed by atoms with Crippen LogP contribution < -0.4 is 0 Å². The molecule has 3 heteroatoms. The van der Waals surface area contributed by atoms with Crippen LogP contribution in [-0.2, 0) is 4.79 Å². The Morgan fingerprint density at radius 3 is 2.70 bits per heavy atom. The molecule has 0 heterocycles. The van der Waals surface area contributed by atoms with E-state index >= 15 is 0 Å². The molecule has 0 spiro atoms. The monoisotopic (exact) mass is 140 g/mol. The molecule has 0 aromatic heterocycles. The smallest absolute Gasteiger partial charge is 0.131 e. The van der Waals surface area contributed by atoms with Gasteiger partial charge in [-0.2, -0.15) is 5.26 Å². The van der Waals surface area contributed by atoms with Crippen LogP contribution in [0, 0.1) is 11.3 Å². The van der Waals surface area contributed by atoms with Crippen LogP contribution in [0.5, 0.6) is 0 Å². The van der Waals surface area contributed by atoms with Crippen molar-refractivity contribution in [3.8, 4) is 6.07 Å². The first-order chi connectivity index (χ1) is 4.66. The van der Waals surface area contributed by atoms with E-state index in [9.17, 15) is 4.79 Å². The summed E-state index contributed by atoms with van der Waals surface area (Å²) >= 11 is 0. The van der Waals surface area contributed by atoms with E-state index in [1.165, 1.54) is 0 Å². The van der Waals surface area contributed by atoms with Gasteiger partial charge in [-0.25, -0.2) is 0 Å². The van der Waals surface area contributed by atoms with E-state index in [-0.39, 0.29) is 5.78 Å². The first-order valence-corrected chi connectivity index (χ1v) is 3.21. The Bertz CT molecular complexity index is 148. The van der Waals surface area contributed by atoms with Crippen LogP contribution >= 0.6 is 0 Å². The normalized spacial score (nSPS) is 9.40. The number of hydrogen-bond donors (Lipinski definition) is 0. The molecule has 0 amide bonds. The van der Waals surface area contributed by atoms with Crippen molar-refractivity contribution in [2.45, 2.75) is 13.3 Å². The first kappa shape index (κ1) is 9.12. The van der Waals surface area contributed by atoms with Crippen LogP contribution in [0.15, 0.2) is 0 Å². The van der Waals surface area contributed by atoms with Crippen LogP contribution in [0.2, 0.25) is 0 Å². The summed E-state index contributed by atoms with van der Waals surface area (Å²) in [6, 6.07) is 2.01. The summed E-state index contributed by atoms with van der Waals surface area (Å²) < 4.78 is 0. The second-order valence-corrected chi connectivity index (χ2v) is 2.35. The Morgan fingerprint density at radius 1 is 1.70 bits per heavy atom. The summed E-state index contributed by atoms with van der Waals surface area (Å²) in [4.78, 5) is 12.3. The number of ketones is 1. The van der Waals surface area contributed by atoms with Crippen molar-refractivity contribution in [2.24, 2.45) is 0 Å². The first-order valence-electron chi connectivity index (χ1n) is 3.21. The number of rotatable bonds is 4. The Morgan fingerprint density at radius 2 is 2.30 bits per heavy atom. The third-order valence-electron chi connectivity index (χ3n) is 1.19. The summed E-state index contributed by atoms with van der Waals surface area (Å²) in [5.74, 6) is 0.171. The van der Waals surface area contributed by atoms with Gasteiger partial charge in [0.1, 0.15) is 5.78 Å². The zero-order chi connectivity index (χ0) is 7.98. The van der Waals surface area contributed by atoms with Gasteiger partial charge < -0.3 is 0 Å². The highest BCUT2D eigenvalue weighted by Crippen LogP contribution is 1.86. The molecule has 0 saturated heterocycles. The number of Topliss-reactive ketones (excluding diaryl/α,β-unsaturated/α-hetero) is 1. The fraction of sp³-hybridized carbons (Fsp3) is 0.714. The molecule has 0 bridgehead atoms. The molecule has 56 valence electrons. The summed E-state index contributed by atoms with van der Waals surface area (Å²) in [5.41, 5.74) is 0. The molecule has 3 nitrogen and oxygen atoms in total. The average Bonchev–Trinajstić information content (AvgIpc) is 1.85. The van der Waals surface area contributed by atoms with Crippen LogP contribution in [-0.4, -0.2) is 30.8 Å². The maximum atomic E-state index is 10.4. The number of carbonyl (C=O) groups excluding carboxylic acids is 1. The van der Waals surface area contributed by atoms with Gasteiger partial charge in [-0.15, -0.1) is 0 Å². The standard InChI is InChI=1S/C7H12N2O/c1-7(10)3-5-9(2)6-4-8/h3,5-6H2,1-2H3. The van der Waals surface area contributed by atoms with E-state index < -0.39 is 0 Å². The van der Waals surface area contributed by atoms with Crippen LogP contribution in [0.3, 0.4) is 0 Å². The molecular formula is C7H12N2O. The molecule has 0 saturated carbocycles. The molecule has 0 aliphatic carbocycles. The lowest BCUT2D eigenvalue weighted by molar-refractivity contribution is -0.117. The SMILES string of the molecule is CC(=O)CCN(C)CC#N. The highest BCUT2D eigenvalue weighted by molar-refractivity contribution is 5.75. The zero-order valence-corrected chi connectivity index (χ0v) is 6.42. The molecule has 0 atom stereocenters. The molecule has 0 aliphatic heterocycles. The number of hydrogen-bond acceptors (Lipinski definition) is 3. The molecule has 10 heavy (non-hydrogen) atoms. The topological polar surface area (TPSA) is 44.1 Å². The molecule has 0 fully saturated rings. The second kappa shape index (κ2) is 4.95. The Balaban J connectivity index is 3.32. The average molecular weight is 140 g/mol. The summed E-state index contributed by atoms with van der Waals surface area (Å²) in [7, 11) is 1.83. The fourth-order valence-electron chi connectivity index (χ4n) is 0.548. The molecular weight excluding hydrogens is 128 g/mol. The van der Waals surface area contributed by atoms with Crippen molar-refractivity contribution < 1.29 is 4.79 Å². The van der Waals surface area contributed by atoms with E-state index in [1.54, 1.807) is 6.92 Å². The Hall–Kier alpha value is -0.880. The minimum atomic E-state index is 0.171. The lowest BCUT2D eigenvalue weighted by Crippen LogP contribution is -2.21. The lowest BCUT2D eigenvalue weighted by Gasteiger charge is -2.09. The van der Waals surface area contributed by atoms with Crippen molar-refractivity contribution in [2.75, 3.05) is 20.1 Å². The highest BCUT2D eigenvalue weighted by atomic mass is 16.1. The van der Waals surface area contributed by atoms with Gasteiger partial charge in [-0.3, -0.25) is 9.69 Å². The van der Waals surface area contributed by atoms with E-state index in [4.69, 9.17) is 5.26 Å². The molecule has 0 N–H and O–H groups in total. The predicted molar refractivity (Wildman–Crippen MR) is 38.4 cm³/mol. The van der Waals surface area contributed by atoms with Crippen molar-refractivity contribution >= 4 is 5.78 Å². The summed E-state index contributed by atoms with van der Waals surface area (Å²) in [5, 5.41) is 8.23. The second-order valence-electron chi connectivity index (χ2n) is 2.35. The Labute approximate surface area is 61.2 Å². The minimum absolute atomic E-state index is 0.171. The van der Waals surface area contributed by atoms with Gasteiger partial charge in [-0.05, 0) is 14.0 Å². The highest BCUT2D eigenvalue weighted by Gasteiger charge is 1.97. The van der Waals surface area contributed by atoms with Gasteiger partial charge in [0.15, 0.2) is 0 Å². The minimum Gasteiger partial charge on any atom is -0.300 e. The lowest BCUT2D eigenvalue weighted by atomic mass is 10.3. The van der Waals surface area contributed by atoms with Gasteiger partial charge >= 0.3 is 0 Å². The third-order valence-corrected chi connectivity index (χ3v) is 1.19. The third kappa shape index (κ3) is 5.26. The van der Waals surface area contributed by atoms with Crippen molar-refractivity contribution in [1.29, 1.82) is 5.26 Å². The Kier molecular flexibility index (Phi) is 4.51. The predicted octanol–water partition coefficient (Wildman–Crippen LogP) is 0.421. The summed E-state index contributed by atoms with van der Waals surface area (Å²) in [6.07, 6.45) is 0.540.